The van der Waals surface area contributed by atoms with Crippen molar-refractivity contribution in [2.45, 2.75) is 30.7 Å². The van der Waals surface area contributed by atoms with Crippen LogP contribution in [0.25, 0.3) is 11.1 Å². The average molecular weight is 345 g/mol. The fraction of sp³-hybridized carbons (Fsp3) is 0.278. The fourth-order valence-corrected chi connectivity index (χ4v) is 3.63. The van der Waals surface area contributed by atoms with Crippen LogP contribution >= 0.6 is 0 Å². The summed E-state index contributed by atoms with van der Waals surface area (Å²) in [7, 11) is -3.43. The lowest BCUT2D eigenvalue weighted by Gasteiger charge is -2.07. The van der Waals surface area contributed by atoms with Crippen molar-refractivity contribution in [1.29, 1.82) is 0 Å². The van der Waals surface area contributed by atoms with E-state index in [1.165, 1.54) is 0 Å². The first kappa shape index (κ1) is 16.7. The van der Waals surface area contributed by atoms with Crippen LogP contribution in [0.5, 0.6) is 0 Å². The van der Waals surface area contributed by atoms with E-state index >= 15 is 0 Å². The number of carbonyl (C=O) groups excluding carboxylic acids is 1. The minimum atomic E-state index is -3.43. The zero-order valence-electron chi connectivity index (χ0n) is 13.4. The van der Waals surface area contributed by atoms with Gasteiger partial charge in [-0.25, -0.2) is 17.9 Å². The Labute approximate surface area is 141 Å². The molecule has 1 fully saturated rings. The summed E-state index contributed by atoms with van der Waals surface area (Å²) in [5, 5.41) is 0. The molecule has 5 nitrogen and oxygen atoms in total. The van der Waals surface area contributed by atoms with E-state index in [4.69, 9.17) is 4.74 Å². The number of esters is 1. The Morgan fingerprint density at radius 3 is 2.08 bits per heavy atom. The minimum Gasteiger partial charge on any atom is -0.462 e. The van der Waals surface area contributed by atoms with Gasteiger partial charge in [-0.2, -0.15) is 0 Å². The summed E-state index contributed by atoms with van der Waals surface area (Å²) in [5.74, 6) is -0.350. The van der Waals surface area contributed by atoms with Gasteiger partial charge in [-0.05, 0) is 55.2 Å². The van der Waals surface area contributed by atoms with Crippen LogP contribution in [-0.4, -0.2) is 27.0 Å². The van der Waals surface area contributed by atoms with E-state index in [2.05, 4.69) is 4.72 Å². The van der Waals surface area contributed by atoms with Crippen molar-refractivity contribution in [3.63, 3.8) is 0 Å². The predicted octanol–water partition coefficient (Wildman–Crippen LogP) is 2.97. The molecule has 1 saturated carbocycles. The second-order valence-corrected chi connectivity index (χ2v) is 7.43. The van der Waals surface area contributed by atoms with Gasteiger partial charge in [0.1, 0.15) is 0 Å². The van der Waals surface area contributed by atoms with E-state index in [1.807, 2.05) is 12.1 Å². The van der Waals surface area contributed by atoms with E-state index in [-0.39, 0.29) is 16.9 Å². The summed E-state index contributed by atoms with van der Waals surface area (Å²) < 4.78 is 31.9. The Balaban J connectivity index is 1.76. The van der Waals surface area contributed by atoms with Crippen molar-refractivity contribution in [1.82, 2.24) is 4.72 Å². The number of carbonyl (C=O) groups is 1. The van der Waals surface area contributed by atoms with Crippen LogP contribution in [0.3, 0.4) is 0 Å². The Morgan fingerprint density at radius 2 is 1.58 bits per heavy atom. The lowest BCUT2D eigenvalue weighted by molar-refractivity contribution is 0.0526. The molecule has 0 unspecified atom stereocenters. The van der Waals surface area contributed by atoms with Gasteiger partial charge in [0.15, 0.2) is 0 Å². The summed E-state index contributed by atoms with van der Waals surface area (Å²) in [6.07, 6.45) is 1.81. The van der Waals surface area contributed by atoms with Crippen LogP contribution in [0, 0.1) is 0 Å². The Kier molecular flexibility index (Phi) is 4.69. The second-order valence-electron chi connectivity index (χ2n) is 5.72. The molecule has 1 aliphatic carbocycles. The highest BCUT2D eigenvalue weighted by Crippen LogP contribution is 2.25. The molecule has 0 amide bonds. The van der Waals surface area contributed by atoms with Crippen LogP contribution in [0.1, 0.15) is 30.1 Å². The first-order chi connectivity index (χ1) is 11.5. The molecule has 3 rings (SSSR count). The highest BCUT2D eigenvalue weighted by Gasteiger charge is 2.27. The van der Waals surface area contributed by atoms with Crippen molar-refractivity contribution in [2.24, 2.45) is 0 Å². The van der Waals surface area contributed by atoms with Gasteiger partial charge in [-0.15, -0.1) is 0 Å². The zero-order valence-corrected chi connectivity index (χ0v) is 14.2. The van der Waals surface area contributed by atoms with Crippen molar-refractivity contribution < 1.29 is 17.9 Å². The number of rotatable bonds is 6. The molecule has 1 N–H and O–H groups in total. The summed E-state index contributed by atoms with van der Waals surface area (Å²) in [4.78, 5) is 11.9. The maximum absolute atomic E-state index is 12.1. The number of sulfonamides is 1. The van der Waals surface area contributed by atoms with Crippen LogP contribution in [0.15, 0.2) is 53.4 Å². The van der Waals surface area contributed by atoms with E-state index < -0.39 is 10.0 Å². The van der Waals surface area contributed by atoms with E-state index in [1.54, 1.807) is 43.3 Å². The van der Waals surface area contributed by atoms with Crippen molar-refractivity contribution >= 4 is 16.0 Å². The number of hydrogen-bond donors (Lipinski definition) is 1. The molecular weight excluding hydrogens is 326 g/mol. The van der Waals surface area contributed by atoms with Gasteiger partial charge >= 0.3 is 5.97 Å². The molecule has 2 aromatic rings. The Morgan fingerprint density at radius 1 is 1.04 bits per heavy atom. The topological polar surface area (TPSA) is 72.5 Å². The average Bonchev–Trinajstić information content (AvgIpc) is 3.39. The van der Waals surface area contributed by atoms with Crippen LogP contribution in [0.2, 0.25) is 0 Å². The fourth-order valence-electron chi connectivity index (χ4n) is 2.33. The predicted molar refractivity (Wildman–Crippen MR) is 91.2 cm³/mol. The van der Waals surface area contributed by atoms with Crippen LogP contribution < -0.4 is 4.72 Å². The highest BCUT2D eigenvalue weighted by molar-refractivity contribution is 7.89. The van der Waals surface area contributed by atoms with Crippen molar-refractivity contribution in [2.75, 3.05) is 6.61 Å². The van der Waals surface area contributed by atoms with Gasteiger partial charge in [0.2, 0.25) is 10.0 Å². The summed E-state index contributed by atoms with van der Waals surface area (Å²) in [5.41, 5.74) is 2.28. The molecule has 0 aliphatic heterocycles. The maximum Gasteiger partial charge on any atom is 0.338 e. The number of nitrogens with one attached hydrogen (secondary N) is 1. The standard InChI is InChI=1S/C18H19NO4S/c1-2-23-18(20)15-5-3-13(4-6-15)14-7-11-17(12-8-14)24(21,22)19-16-9-10-16/h3-8,11-12,16,19H,2,9-10H2,1H3. The summed E-state index contributed by atoms with van der Waals surface area (Å²) in [6.45, 7) is 2.10. The monoisotopic (exact) mass is 345 g/mol. The van der Waals surface area contributed by atoms with Crippen molar-refractivity contribution in [3.8, 4) is 11.1 Å². The molecule has 0 radical (unpaired) electrons. The number of hydrogen-bond acceptors (Lipinski definition) is 4. The van der Waals surface area contributed by atoms with Crippen LogP contribution in [-0.2, 0) is 14.8 Å². The molecule has 0 saturated heterocycles. The molecule has 0 bridgehead atoms. The SMILES string of the molecule is CCOC(=O)c1ccc(-c2ccc(S(=O)(=O)NC3CC3)cc2)cc1. The highest BCUT2D eigenvalue weighted by atomic mass is 32.2. The molecule has 0 aromatic heterocycles. The molecule has 2 aromatic carbocycles. The molecular formula is C18H19NO4S. The Bertz CT molecular complexity index is 822. The van der Waals surface area contributed by atoms with Gasteiger partial charge in [-0.1, -0.05) is 24.3 Å². The molecule has 0 spiro atoms. The van der Waals surface area contributed by atoms with E-state index in [9.17, 15) is 13.2 Å². The molecule has 1 aliphatic rings. The first-order valence-electron chi connectivity index (χ1n) is 7.89. The summed E-state index contributed by atoms with van der Waals surface area (Å²) >= 11 is 0. The minimum absolute atomic E-state index is 0.0881. The number of ether oxygens (including phenoxy) is 1. The van der Waals surface area contributed by atoms with Crippen LogP contribution in [0.4, 0.5) is 0 Å². The zero-order chi connectivity index (χ0) is 17.2. The molecule has 24 heavy (non-hydrogen) atoms. The van der Waals surface area contributed by atoms with Gasteiger partial charge in [-0.3, -0.25) is 0 Å². The largest absolute Gasteiger partial charge is 0.462 e. The van der Waals surface area contributed by atoms with Crippen molar-refractivity contribution in [3.05, 3.63) is 54.1 Å². The number of benzene rings is 2. The first-order valence-corrected chi connectivity index (χ1v) is 9.38. The lowest BCUT2D eigenvalue weighted by Crippen LogP contribution is -2.25. The normalized spacial score (nSPS) is 14.4. The quantitative estimate of drug-likeness (QED) is 0.817. The Hall–Kier alpha value is -2.18. The van der Waals surface area contributed by atoms with E-state index in [0.29, 0.717) is 12.2 Å². The van der Waals surface area contributed by atoms with Gasteiger partial charge in [0.25, 0.3) is 0 Å². The summed E-state index contributed by atoms with van der Waals surface area (Å²) in [6, 6.07) is 13.8. The molecule has 126 valence electrons. The third kappa shape index (κ3) is 3.83. The van der Waals surface area contributed by atoms with Gasteiger partial charge in [0.05, 0.1) is 17.1 Å². The smallest absolute Gasteiger partial charge is 0.338 e. The molecule has 0 heterocycles. The van der Waals surface area contributed by atoms with E-state index in [0.717, 1.165) is 24.0 Å². The third-order valence-corrected chi connectivity index (χ3v) is 5.33. The third-order valence-electron chi connectivity index (χ3n) is 3.79. The maximum atomic E-state index is 12.1. The van der Waals surface area contributed by atoms with Gasteiger partial charge in [0, 0.05) is 6.04 Å². The lowest BCUT2D eigenvalue weighted by atomic mass is 10.0. The second kappa shape index (κ2) is 6.75. The van der Waals surface area contributed by atoms with Gasteiger partial charge < -0.3 is 4.74 Å². The molecule has 0 atom stereocenters. The molecule has 6 heteroatoms.